The highest BCUT2D eigenvalue weighted by Crippen LogP contribution is 2.31. The normalized spacial score (nSPS) is 23.9. The Kier molecular flexibility index (Phi) is 4.36. The average Bonchev–Trinajstić information content (AvgIpc) is 2.97. The largest absolute Gasteiger partial charge is 0.381 e. The van der Waals surface area contributed by atoms with Crippen LogP contribution in [0.25, 0.3) is 0 Å². The number of hydrogen-bond donors (Lipinski definition) is 1. The number of likely N-dealkylation sites (N-methyl/N-ethyl adjacent to an activating group) is 1. The molecule has 1 aliphatic heterocycles. The van der Waals surface area contributed by atoms with Crippen molar-refractivity contribution in [1.82, 2.24) is 15.5 Å². The van der Waals surface area contributed by atoms with Crippen molar-refractivity contribution in [2.45, 2.75) is 62.8 Å². The minimum atomic E-state index is 0.164. The molecule has 0 spiro atoms. The van der Waals surface area contributed by atoms with E-state index in [1.807, 2.05) is 0 Å². The average molecular weight is 279 g/mol. The van der Waals surface area contributed by atoms with Crippen molar-refractivity contribution >= 4 is 0 Å². The number of rotatable bonds is 4. The smallest absolute Gasteiger partial charge is 0.228 e. The van der Waals surface area contributed by atoms with Crippen LogP contribution in [0.3, 0.4) is 0 Å². The van der Waals surface area contributed by atoms with Gasteiger partial charge in [0, 0.05) is 31.1 Å². The molecule has 112 valence electrons. The zero-order chi connectivity index (χ0) is 13.8. The van der Waals surface area contributed by atoms with Gasteiger partial charge in [0.15, 0.2) is 5.82 Å². The second-order valence-corrected chi connectivity index (χ2v) is 6.20. The Morgan fingerprint density at radius 3 is 2.65 bits per heavy atom. The molecule has 0 amide bonds. The van der Waals surface area contributed by atoms with Gasteiger partial charge in [-0.15, -0.1) is 0 Å². The Labute approximate surface area is 120 Å². The Hall–Kier alpha value is -0.940. The maximum atomic E-state index is 5.51. The summed E-state index contributed by atoms with van der Waals surface area (Å²) in [4.78, 5) is 4.65. The topological polar surface area (TPSA) is 60.2 Å². The Balaban J connectivity index is 1.66. The fraction of sp³-hybridized carbons (Fsp3) is 0.867. The molecule has 5 nitrogen and oxygen atoms in total. The summed E-state index contributed by atoms with van der Waals surface area (Å²) < 4.78 is 10.9. The van der Waals surface area contributed by atoms with Crippen LogP contribution in [0.5, 0.6) is 0 Å². The Morgan fingerprint density at radius 2 is 1.95 bits per heavy atom. The maximum absolute atomic E-state index is 5.51. The molecule has 5 heteroatoms. The van der Waals surface area contributed by atoms with E-state index in [1.165, 1.54) is 32.1 Å². The van der Waals surface area contributed by atoms with Crippen molar-refractivity contribution in [3.8, 4) is 0 Å². The fourth-order valence-electron chi connectivity index (χ4n) is 3.49. The zero-order valence-electron chi connectivity index (χ0n) is 12.4. The molecule has 0 bridgehead atoms. The number of nitrogens with zero attached hydrogens (tertiary/aromatic N) is 2. The molecular formula is C15H25N3O2. The first-order valence-electron chi connectivity index (χ1n) is 7.90. The molecule has 2 fully saturated rings. The molecule has 20 heavy (non-hydrogen) atoms. The van der Waals surface area contributed by atoms with Crippen molar-refractivity contribution in [3.05, 3.63) is 11.7 Å². The van der Waals surface area contributed by atoms with E-state index in [9.17, 15) is 0 Å². The SMILES string of the molecule is CNC1(Cc2nc(C3CCOCC3)no2)CCCCC1. The van der Waals surface area contributed by atoms with Crippen molar-refractivity contribution in [2.24, 2.45) is 0 Å². The third kappa shape index (κ3) is 3.04. The summed E-state index contributed by atoms with van der Waals surface area (Å²) in [6.45, 7) is 1.63. The quantitative estimate of drug-likeness (QED) is 0.917. The standard InChI is InChI=1S/C15H25N3O2/c1-16-15(7-3-2-4-8-15)11-13-17-14(18-20-13)12-5-9-19-10-6-12/h12,16H,2-11H2,1H3. The molecule has 0 unspecified atom stereocenters. The van der Waals surface area contributed by atoms with E-state index in [4.69, 9.17) is 9.26 Å². The molecule has 2 heterocycles. The molecule has 0 radical (unpaired) electrons. The fourth-order valence-corrected chi connectivity index (χ4v) is 3.49. The molecule has 1 aliphatic carbocycles. The van der Waals surface area contributed by atoms with Crippen molar-refractivity contribution in [3.63, 3.8) is 0 Å². The molecule has 1 aromatic heterocycles. The summed E-state index contributed by atoms with van der Waals surface area (Å²) in [7, 11) is 2.06. The summed E-state index contributed by atoms with van der Waals surface area (Å²) in [5, 5.41) is 7.71. The van der Waals surface area contributed by atoms with E-state index < -0.39 is 0 Å². The molecule has 0 atom stereocenters. The van der Waals surface area contributed by atoms with Gasteiger partial charge < -0.3 is 14.6 Å². The summed E-state index contributed by atoms with van der Waals surface area (Å²) >= 11 is 0. The number of aromatic nitrogens is 2. The monoisotopic (exact) mass is 279 g/mol. The van der Waals surface area contributed by atoms with Crippen molar-refractivity contribution in [1.29, 1.82) is 0 Å². The summed E-state index contributed by atoms with van der Waals surface area (Å²) in [5.41, 5.74) is 0.164. The molecule has 1 N–H and O–H groups in total. The van der Waals surface area contributed by atoms with Crippen LogP contribution in [0.1, 0.15) is 62.6 Å². The first kappa shape index (κ1) is 14.0. The molecule has 0 aromatic carbocycles. The van der Waals surface area contributed by atoms with Gasteiger partial charge in [-0.25, -0.2) is 0 Å². The highest BCUT2D eigenvalue weighted by molar-refractivity contribution is 5.02. The summed E-state index contributed by atoms with van der Waals surface area (Å²) in [6, 6.07) is 0. The van der Waals surface area contributed by atoms with Gasteiger partial charge in [0.25, 0.3) is 0 Å². The third-order valence-corrected chi connectivity index (χ3v) is 4.90. The van der Waals surface area contributed by atoms with E-state index in [0.717, 1.165) is 44.2 Å². The number of ether oxygens (including phenoxy) is 1. The molecule has 1 saturated heterocycles. The van der Waals surface area contributed by atoms with Gasteiger partial charge in [-0.2, -0.15) is 4.98 Å². The van der Waals surface area contributed by atoms with E-state index in [0.29, 0.717) is 5.92 Å². The molecular weight excluding hydrogens is 254 g/mol. The second-order valence-electron chi connectivity index (χ2n) is 6.20. The van der Waals surface area contributed by atoms with E-state index >= 15 is 0 Å². The van der Waals surface area contributed by atoms with Gasteiger partial charge in [0.2, 0.25) is 5.89 Å². The van der Waals surface area contributed by atoms with Gasteiger partial charge in [0.1, 0.15) is 0 Å². The lowest BCUT2D eigenvalue weighted by molar-refractivity contribution is 0.0830. The van der Waals surface area contributed by atoms with E-state index in [2.05, 4.69) is 22.5 Å². The van der Waals surface area contributed by atoms with Gasteiger partial charge in [0.05, 0.1) is 0 Å². The highest BCUT2D eigenvalue weighted by Gasteiger charge is 2.33. The lowest BCUT2D eigenvalue weighted by Crippen LogP contribution is -2.46. The number of nitrogens with one attached hydrogen (secondary N) is 1. The van der Waals surface area contributed by atoms with Crippen LogP contribution in [-0.2, 0) is 11.2 Å². The maximum Gasteiger partial charge on any atom is 0.228 e. The van der Waals surface area contributed by atoms with E-state index in [1.54, 1.807) is 0 Å². The number of hydrogen-bond acceptors (Lipinski definition) is 5. The van der Waals surface area contributed by atoms with Gasteiger partial charge >= 0.3 is 0 Å². The van der Waals surface area contributed by atoms with Gasteiger partial charge in [-0.05, 0) is 32.7 Å². The molecule has 1 aromatic rings. The lowest BCUT2D eigenvalue weighted by atomic mass is 9.79. The van der Waals surface area contributed by atoms with Crippen molar-refractivity contribution < 1.29 is 9.26 Å². The van der Waals surface area contributed by atoms with Gasteiger partial charge in [-0.3, -0.25) is 0 Å². The van der Waals surface area contributed by atoms with Crippen molar-refractivity contribution in [2.75, 3.05) is 20.3 Å². The molecule has 2 aliphatic rings. The van der Waals surface area contributed by atoms with Crippen LogP contribution in [0.2, 0.25) is 0 Å². The predicted octanol–water partition coefficient (Wildman–Crippen LogP) is 2.43. The van der Waals surface area contributed by atoms with Crippen LogP contribution in [0.15, 0.2) is 4.52 Å². The van der Waals surface area contributed by atoms with Crippen LogP contribution in [0.4, 0.5) is 0 Å². The van der Waals surface area contributed by atoms with Crippen LogP contribution in [-0.4, -0.2) is 35.9 Å². The third-order valence-electron chi connectivity index (χ3n) is 4.90. The van der Waals surface area contributed by atoms with E-state index in [-0.39, 0.29) is 5.54 Å². The molecule has 3 rings (SSSR count). The van der Waals surface area contributed by atoms with Crippen LogP contribution >= 0.6 is 0 Å². The van der Waals surface area contributed by atoms with Crippen LogP contribution in [0, 0.1) is 0 Å². The Bertz CT molecular complexity index is 421. The van der Waals surface area contributed by atoms with Gasteiger partial charge in [-0.1, -0.05) is 24.4 Å². The molecule has 1 saturated carbocycles. The first-order valence-corrected chi connectivity index (χ1v) is 7.90. The first-order chi connectivity index (χ1) is 9.81. The minimum absolute atomic E-state index is 0.164. The minimum Gasteiger partial charge on any atom is -0.381 e. The Morgan fingerprint density at radius 1 is 1.20 bits per heavy atom. The van der Waals surface area contributed by atoms with Crippen LogP contribution < -0.4 is 5.32 Å². The highest BCUT2D eigenvalue weighted by atomic mass is 16.5. The zero-order valence-corrected chi connectivity index (χ0v) is 12.4. The summed E-state index contributed by atoms with van der Waals surface area (Å²) in [5.74, 6) is 2.09. The lowest BCUT2D eigenvalue weighted by Gasteiger charge is -2.36. The second kappa shape index (κ2) is 6.22. The predicted molar refractivity (Wildman–Crippen MR) is 75.7 cm³/mol. The summed E-state index contributed by atoms with van der Waals surface area (Å²) in [6.07, 6.45) is 9.23.